The first-order valence-electron chi connectivity index (χ1n) is 27.9. The molecule has 11 unspecified atom stereocenters. The van der Waals surface area contributed by atoms with Gasteiger partial charge in [-0.05, 0) is 45.2 Å². The van der Waals surface area contributed by atoms with E-state index < -0.39 is 231 Å². The number of rotatable bonds is 22. The van der Waals surface area contributed by atoms with Gasteiger partial charge in [0.1, 0.15) is 66.3 Å². The molecule has 1 aliphatic rings. The molecule has 0 aromatic heterocycles. The summed E-state index contributed by atoms with van der Waals surface area (Å²) in [5, 5.41) is 72.3. The molecule has 12 atom stereocenters. The maximum absolute atomic E-state index is 14.5. The van der Waals surface area contributed by atoms with E-state index in [1.165, 1.54) is 31.2 Å². The van der Waals surface area contributed by atoms with Gasteiger partial charge in [0.05, 0.1) is 45.4 Å². The number of carbonyl (C=O) groups excluding carboxylic acids is 14. The van der Waals surface area contributed by atoms with Crippen molar-refractivity contribution in [2.24, 2.45) is 11.8 Å². The first-order valence-corrected chi connectivity index (χ1v) is 27.9. The molecule has 2 rings (SSSR count). The van der Waals surface area contributed by atoms with Crippen LogP contribution in [0.4, 0.5) is 5.69 Å². The Morgan fingerprint density at radius 3 is 1.68 bits per heavy atom. The molecule has 36 heteroatoms. The van der Waals surface area contributed by atoms with E-state index in [1.807, 2.05) is 16.0 Å². The molecule has 0 radical (unpaired) electrons. The van der Waals surface area contributed by atoms with Gasteiger partial charge in [0.25, 0.3) is 0 Å². The second-order valence-electron chi connectivity index (χ2n) is 21.0. The van der Waals surface area contributed by atoms with Crippen molar-refractivity contribution in [3.8, 4) is 0 Å². The number of carbonyl (C=O) groups is 18. The Morgan fingerprint density at radius 2 is 1.13 bits per heavy atom. The van der Waals surface area contributed by atoms with E-state index in [1.54, 1.807) is 6.92 Å². The third-order valence-corrected chi connectivity index (χ3v) is 13.3. The number of nitrogens with one attached hydrogen (secondary N) is 11. The molecule has 11 amide bonds. The third-order valence-electron chi connectivity index (χ3n) is 13.3. The number of aliphatic carboxylic acids is 4. The van der Waals surface area contributed by atoms with E-state index in [0.717, 1.165) is 27.7 Å². The van der Waals surface area contributed by atoms with Crippen LogP contribution in [0.25, 0.3) is 0 Å². The van der Waals surface area contributed by atoms with Crippen LogP contribution in [0, 0.1) is 11.8 Å². The van der Waals surface area contributed by atoms with E-state index in [4.69, 9.17) is 10.5 Å². The SMILES string of the molecule is CCCCC1NC(=O)CNC(=O)C(NC(=O)C(CC(=O)O)NC(=O)[C@H](C)CC(C)=O)C(C)OC(=O)C(CC(=O)c2ccccc2N)NC(=O)C(C(C)CC(=O)O)NC(=O)C(CO)NC(=O)CNC(=O)C(CC(=O)O)NC(=O)C(C)NC(=O)C(CC(=O)O)NC1=O.[HH].[HH].[HH].[HH].[HH].[HH]. The lowest BCUT2D eigenvalue weighted by molar-refractivity contribution is -0.156. The van der Waals surface area contributed by atoms with Crippen molar-refractivity contribution >= 4 is 112 Å². The Bertz CT molecular complexity index is 2940. The number of aliphatic hydroxyl groups is 1. The number of anilines is 1. The Balaban J connectivity index is -0.00000460. The highest BCUT2D eigenvalue weighted by Crippen LogP contribution is 2.18. The lowest BCUT2D eigenvalue weighted by Crippen LogP contribution is -2.61. The van der Waals surface area contributed by atoms with Crippen LogP contribution < -0.4 is 64.2 Å². The highest BCUT2D eigenvalue weighted by molar-refractivity contribution is 6.04. The third kappa shape index (κ3) is 26.0. The number of para-hydroxylation sites is 1. The molecule has 0 aliphatic carbocycles. The Kier molecular flexibility index (Phi) is 31.1. The smallest absolute Gasteiger partial charge is 0.329 e. The van der Waals surface area contributed by atoms with Crippen molar-refractivity contribution in [1.29, 1.82) is 0 Å². The molecule has 1 saturated heterocycles. The Morgan fingerprint density at radius 1 is 0.611 bits per heavy atom. The quantitative estimate of drug-likeness (QED) is 0.0294. The number of Topliss-reactive ketones (excluding diaryl/α,β-unsaturated/α-hetero) is 2. The molecular weight excluding hydrogens is 1200 g/mol. The van der Waals surface area contributed by atoms with Crippen LogP contribution in [0.5, 0.6) is 0 Å². The van der Waals surface area contributed by atoms with Crippen LogP contribution in [0.2, 0.25) is 0 Å². The van der Waals surface area contributed by atoms with E-state index in [2.05, 4.69) is 42.5 Å². The van der Waals surface area contributed by atoms with E-state index in [9.17, 15) is 112 Å². The fourth-order valence-electron chi connectivity index (χ4n) is 8.47. The zero-order valence-electron chi connectivity index (χ0n) is 49.8. The summed E-state index contributed by atoms with van der Waals surface area (Å²) in [4.78, 5) is 238. The molecule has 0 spiro atoms. The van der Waals surface area contributed by atoms with Crippen LogP contribution in [0.1, 0.15) is 118 Å². The summed E-state index contributed by atoms with van der Waals surface area (Å²) in [5.41, 5.74) is 5.65. The summed E-state index contributed by atoms with van der Waals surface area (Å²) in [6.07, 6.45) is -7.55. The van der Waals surface area contributed by atoms with E-state index in [-0.39, 0.29) is 39.1 Å². The molecule has 1 heterocycles. The zero-order chi connectivity index (χ0) is 68.3. The normalized spacial score (nSPS) is 23.5. The number of amides is 11. The number of cyclic esters (lactones) is 1. The van der Waals surface area contributed by atoms with Crippen LogP contribution in [-0.2, 0) is 86.2 Å². The number of ketones is 2. The molecule has 508 valence electrons. The highest BCUT2D eigenvalue weighted by Gasteiger charge is 2.40. The second-order valence-corrected chi connectivity index (χ2v) is 21.0. The number of esters is 1. The van der Waals surface area contributed by atoms with Gasteiger partial charge in [-0.3, -0.25) is 76.7 Å². The molecular formula is C54H88N12O24. The molecule has 90 heavy (non-hydrogen) atoms. The average molecular weight is 1290 g/mol. The topological polar surface area (TPSA) is 576 Å². The molecule has 1 aliphatic heterocycles. The number of ether oxygens (including phenoxy) is 1. The van der Waals surface area contributed by atoms with Gasteiger partial charge >= 0.3 is 29.8 Å². The number of nitrogens with two attached hydrogens (primary N) is 1. The summed E-state index contributed by atoms with van der Waals surface area (Å²) in [7, 11) is 0. The van der Waals surface area contributed by atoms with Gasteiger partial charge in [0, 0.05) is 38.6 Å². The number of unbranched alkanes of at least 4 members (excludes halogenated alkanes) is 1. The number of hydrogen-bond donors (Lipinski definition) is 17. The van der Waals surface area contributed by atoms with Crippen LogP contribution in [-0.4, -0.2) is 212 Å². The van der Waals surface area contributed by atoms with Crippen molar-refractivity contribution in [2.45, 2.75) is 160 Å². The lowest BCUT2D eigenvalue weighted by atomic mass is 9.96. The van der Waals surface area contributed by atoms with Crippen molar-refractivity contribution in [1.82, 2.24) is 58.5 Å². The van der Waals surface area contributed by atoms with Crippen LogP contribution in [0.15, 0.2) is 24.3 Å². The largest absolute Gasteiger partial charge is 0.481 e. The number of benzene rings is 1. The maximum Gasteiger partial charge on any atom is 0.329 e. The van der Waals surface area contributed by atoms with Gasteiger partial charge in [-0.1, -0.05) is 45.7 Å². The van der Waals surface area contributed by atoms with Gasteiger partial charge in [-0.15, -0.1) is 0 Å². The molecule has 0 bridgehead atoms. The zero-order valence-corrected chi connectivity index (χ0v) is 49.8. The van der Waals surface area contributed by atoms with Crippen LogP contribution >= 0.6 is 0 Å². The molecule has 1 fully saturated rings. The predicted octanol–water partition coefficient (Wildman–Crippen LogP) is -4.79. The Hall–Kier alpha value is -10.2. The number of carboxylic acids is 4. The van der Waals surface area contributed by atoms with Gasteiger partial charge in [-0.2, -0.15) is 0 Å². The van der Waals surface area contributed by atoms with Crippen molar-refractivity contribution in [3.05, 3.63) is 29.8 Å². The average Bonchev–Trinajstić information content (AvgIpc) is 0.967. The van der Waals surface area contributed by atoms with Gasteiger partial charge < -0.3 is 99.3 Å². The summed E-state index contributed by atoms with van der Waals surface area (Å²) in [6, 6.07) is -12.8. The van der Waals surface area contributed by atoms with Crippen LogP contribution in [0.3, 0.4) is 0 Å². The summed E-state index contributed by atoms with van der Waals surface area (Å²) in [5.74, 6) is -26.7. The minimum Gasteiger partial charge on any atom is -0.481 e. The molecule has 1 aromatic carbocycles. The monoisotopic (exact) mass is 1290 g/mol. The van der Waals surface area contributed by atoms with E-state index >= 15 is 0 Å². The first-order chi connectivity index (χ1) is 42.1. The van der Waals surface area contributed by atoms with Gasteiger partial charge in [0.15, 0.2) is 5.78 Å². The summed E-state index contributed by atoms with van der Waals surface area (Å²) in [6.45, 7) is 3.63. The van der Waals surface area contributed by atoms with Crippen molar-refractivity contribution in [2.75, 3.05) is 25.4 Å². The number of aliphatic hydroxyl groups excluding tert-OH is 1. The van der Waals surface area contributed by atoms with Crippen molar-refractivity contribution < 1.29 is 125 Å². The molecule has 0 saturated carbocycles. The van der Waals surface area contributed by atoms with Gasteiger partial charge in [-0.25, -0.2) is 4.79 Å². The number of carboxylic acid groups (broad SMARTS) is 4. The summed E-state index contributed by atoms with van der Waals surface area (Å²) < 4.78 is 5.59. The minimum absolute atomic E-state index is 0. The fraction of sp³-hybridized carbons (Fsp3) is 0.556. The molecule has 36 nitrogen and oxygen atoms in total. The van der Waals surface area contributed by atoms with Gasteiger partial charge in [0.2, 0.25) is 65.0 Å². The Labute approximate surface area is 521 Å². The highest BCUT2D eigenvalue weighted by atomic mass is 16.5. The molecule has 1 aromatic rings. The fourth-order valence-corrected chi connectivity index (χ4v) is 8.47. The first kappa shape index (κ1) is 75.9. The number of hydrogen-bond acceptors (Lipinski definition) is 21. The number of nitrogen functional groups attached to an aromatic ring is 1. The standard InChI is InChI=1S/C54H76N12O24.6H2/c1-7-8-13-30-48(83)63-32(18-41(76)77)49(84)58-26(5)46(81)62-31(17-40(74)75)47(82)56-20-38(71)60-35(22-67)51(86)65-43(23(2)15-39(72)73)53(88)64-34(16-36(69)28-11-9-10-12-29(28)55)54(89)90-27(6)44(52(87)57-21-37(70)59-30)66-50(85)33(19-42(78)79)61-45(80)24(3)14-25(4)68;;;;;;/h9-12,23-24,26-27,30-35,43-44,67H,7-8,13-22,55H2,1-6H3,(H,56,82)(H,57,87)(H,58,84)(H,59,70)(H,60,71)(H,61,80)(H,62,81)(H,63,83)(H,64,88)(H,65,86)(H,66,85)(H,72,73)(H,74,75)(H,76,77)(H,78,79);6*1H/t23?,24-,26?,27?,30?,31?,32?,33?,34?,35?,43?,44?;;;;;;/m1....../s1. The summed E-state index contributed by atoms with van der Waals surface area (Å²) >= 11 is 0. The maximum atomic E-state index is 14.5. The van der Waals surface area contributed by atoms with E-state index in [0.29, 0.717) is 6.42 Å². The minimum atomic E-state index is -2.26. The lowest BCUT2D eigenvalue weighted by Gasteiger charge is -2.30. The van der Waals surface area contributed by atoms with Crippen molar-refractivity contribution in [3.63, 3.8) is 0 Å². The predicted molar refractivity (Wildman–Crippen MR) is 316 cm³/mol. The second kappa shape index (κ2) is 36.9. The molecule has 18 N–H and O–H groups in total.